The summed E-state index contributed by atoms with van der Waals surface area (Å²) in [5.74, 6) is 2.73. The second-order valence-corrected chi connectivity index (χ2v) is 5.74. The third-order valence-corrected chi connectivity index (χ3v) is 4.04. The first-order valence-corrected chi connectivity index (χ1v) is 8.15. The van der Waals surface area contributed by atoms with Crippen molar-refractivity contribution in [1.29, 1.82) is 0 Å². The molecule has 1 aliphatic rings. The van der Waals surface area contributed by atoms with Gasteiger partial charge in [-0.05, 0) is 36.4 Å². The Hall–Kier alpha value is -2.93. The van der Waals surface area contributed by atoms with E-state index in [1.54, 1.807) is 12.4 Å². The number of rotatable bonds is 6. The van der Waals surface area contributed by atoms with E-state index in [0.29, 0.717) is 18.3 Å². The molecule has 128 valence electrons. The van der Waals surface area contributed by atoms with E-state index in [0.717, 1.165) is 35.7 Å². The monoisotopic (exact) mass is 338 g/mol. The lowest BCUT2D eigenvalue weighted by Gasteiger charge is -2.18. The number of pyridine rings is 1. The van der Waals surface area contributed by atoms with Crippen molar-refractivity contribution in [2.24, 2.45) is 0 Å². The van der Waals surface area contributed by atoms with Crippen LogP contribution in [0.4, 0.5) is 0 Å². The van der Waals surface area contributed by atoms with Crippen molar-refractivity contribution in [2.75, 3.05) is 13.3 Å². The van der Waals surface area contributed by atoms with Gasteiger partial charge in [0.25, 0.3) is 0 Å². The SMILES string of the molecule is CCN(Cc1ccc2c(c1)OCO2)Cc1nc(-c2cccnc2)no1. The molecule has 3 aromatic rings. The first-order valence-electron chi connectivity index (χ1n) is 8.15. The van der Waals surface area contributed by atoms with Crippen molar-refractivity contribution in [3.63, 3.8) is 0 Å². The minimum Gasteiger partial charge on any atom is -0.454 e. The van der Waals surface area contributed by atoms with Gasteiger partial charge < -0.3 is 14.0 Å². The fraction of sp³-hybridized carbons (Fsp3) is 0.278. The molecule has 0 atom stereocenters. The van der Waals surface area contributed by atoms with Crippen LogP contribution < -0.4 is 9.47 Å². The quantitative estimate of drug-likeness (QED) is 0.684. The topological polar surface area (TPSA) is 73.5 Å². The van der Waals surface area contributed by atoms with E-state index in [4.69, 9.17) is 14.0 Å². The summed E-state index contributed by atoms with van der Waals surface area (Å²) in [5, 5.41) is 4.04. The molecule has 0 unspecified atom stereocenters. The maximum atomic E-state index is 5.44. The lowest BCUT2D eigenvalue weighted by Crippen LogP contribution is -2.22. The molecule has 7 nitrogen and oxygen atoms in total. The van der Waals surface area contributed by atoms with Gasteiger partial charge in [0, 0.05) is 24.5 Å². The fourth-order valence-electron chi connectivity index (χ4n) is 2.70. The number of fused-ring (bicyclic) bond motifs is 1. The Morgan fingerprint density at radius 2 is 2.04 bits per heavy atom. The molecule has 25 heavy (non-hydrogen) atoms. The Bertz CT molecular complexity index is 851. The number of hydrogen-bond acceptors (Lipinski definition) is 7. The number of hydrogen-bond donors (Lipinski definition) is 0. The van der Waals surface area contributed by atoms with Crippen molar-refractivity contribution in [1.82, 2.24) is 20.0 Å². The van der Waals surface area contributed by atoms with Crippen molar-refractivity contribution in [2.45, 2.75) is 20.0 Å². The summed E-state index contributed by atoms with van der Waals surface area (Å²) in [6.45, 7) is 4.59. The maximum absolute atomic E-state index is 5.44. The standard InChI is InChI=1S/C18H18N4O3/c1-2-22(10-13-5-6-15-16(8-13)24-12-23-15)11-17-20-18(21-25-17)14-4-3-7-19-9-14/h3-9H,2,10-12H2,1H3. The number of ether oxygens (including phenoxy) is 2. The molecule has 1 aliphatic heterocycles. The average molecular weight is 338 g/mol. The summed E-state index contributed by atoms with van der Waals surface area (Å²) in [5.41, 5.74) is 1.99. The molecule has 0 saturated heterocycles. The highest BCUT2D eigenvalue weighted by Gasteiger charge is 2.16. The van der Waals surface area contributed by atoms with Gasteiger partial charge in [-0.3, -0.25) is 9.88 Å². The summed E-state index contributed by atoms with van der Waals surface area (Å²) >= 11 is 0. The normalized spacial score (nSPS) is 12.7. The third kappa shape index (κ3) is 3.46. The van der Waals surface area contributed by atoms with Crippen LogP contribution in [0.5, 0.6) is 11.5 Å². The van der Waals surface area contributed by atoms with Crippen LogP contribution in [-0.4, -0.2) is 33.4 Å². The molecule has 0 fully saturated rings. The first-order chi connectivity index (χ1) is 12.3. The molecule has 1 aromatic carbocycles. The van der Waals surface area contributed by atoms with Crippen molar-refractivity contribution in [3.05, 3.63) is 54.2 Å². The van der Waals surface area contributed by atoms with Gasteiger partial charge in [0.1, 0.15) is 0 Å². The highest BCUT2D eigenvalue weighted by molar-refractivity contribution is 5.51. The maximum Gasteiger partial charge on any atom is 0.241 e. The number of benzene rings is 1. The van der Waals surface area contributed by atoms with Crippen LogP contribution in [-0.2, 0) is 13.1 Å². The predicted octanol–water partition coefficient (Wildman–Crippen LogP) is 2.88. The van der Waals surface area contributed by atoms with E-state index in [1.807, 2.05) is 30.3 Å². The average Bonchev–Trinajstić information content (AvgIpc) is 3.30. The minimum atomic E-state index is 0.287. The molecule has 0 aliphatic carbocycles. The number of nitrogens with zero attached hydrogens (tertiary/aromatic N) is 4. The van der Waals surface area contributed by atoms with Gasteiger partial charge >= 0.3 is 0 Å². The molecule has 0 saturated carbocycles. The molecule has 4 rings (SSSR count). The van der Waals surface area contributed by atoms with Crippen molar-refractivity contribution >= 4 is 0 Å². The van der Waals surface area contributed by atoms with Gasteiger partial charge in [-0.15, -0.1) is 0 Å². The van der Waals surface area contributed by atoms with E-state index in [1.165, 1.54) is 0 Å². The largest absolute Gasteiger partial charge is 0.454 e. The second kappa shape index (κ2) is 6.90. The van der Waals surface area contributed by atoms with E-state index >= 15 is 0 Å². The van der Waals surface area contributed by atoms with Crippen LogP contribution in [0.25, 0.3) is 11.4 Å². The summed E-state index contributed by atoms with van der Waals surface area (Å²) < 4.78 is 16.2. The third-order valence-electron chi connectivity index (χ3n) is 4.04. The molecule has 0 bridgehead atoms. The van der Waals surface area contributed by atoms with E-state index in [2.05, 4.69) is 26.9 Å². The van der Waals surface area contributed by atoms with E-state index in [9.17, 15) is 0 Å². The Morgan fingerprint density at radius 3 is 2.88 bits per heavy atom. The van der Waals surface area contributed by atoms with Crippen molar-refractivity contribution in [3.8, 4) is 22.9 Å². The minimum absolute atomic E-state index is 0.287. The second-order valence-electron chi connectivity index (χ2n) is 5.74. The summed E-state index contributed by atoms with van der Waals surface area (Å²) in [6, 6.07) is 9.76. The first kappa shape index (κ1) is 15.6. The van der Waals surface area contributed by atoms with Crippen LogP contribution in [0.3, 0.4) is 0 Å². The fourth-order valence-corrected chi connectivity index (χ4v) is 2.70. The Kier molecular flexibility index (Phi) is 4.30. The molecule has 0 N–H and O–H groups in total. The van der Waals surface area contributed by atoms with Gasteiger partial charge in [0.2, 0.25) is 18.5 Å². The van der Waals surface area contributed by atoms with Gasteiger partial charge in [0.15, 0.2) is 11.5 Å². The summed E-state index contributed by atoms with van der Waals surface area (Å²) in [4.78, 5) is 10.8. The Labute approximate surface area is 145 Å². The van der Waals surface area contributed by atoms with Crippen LogP contribution in [0.15, 0.2) is 47.2 Å². The van der Waals surface area contributed by atoms with Gasteiger partial charge in [-0.2, -0.15) is 4.98 Å². The van der Waals surface area contributed by atoms with Gasteiger partial charge in [-0.25, -0.2) is 0 Å². The molecule has 0 spiro atoms. The zero-order valence-electron chi connectivity index (χ0n) is 13.9. The van der Waals surface area contributed by atoms with Crippen molar-refractivity contribution < 1.29 is 14.0 Å². The van der Waals surface area contributed by atoms with Gasteiger partial charge in [0.05, 0.1) is 6.54 Å². The zero-order chi connectivity index (χ0) is 17.1. The molecular weight excluding hydrogens is 320 g/mol. The lowest BCUT2D eigenvalue weighted by atomic mass is 10.2. The van der Waals surface area contributed by atoms with Crippen LogP contribution in [0, 0.1) is 0 Å². The predicted molar refractivity (Wildman–Crippen MR) is 89.9 cm³/mol. The number of aromatic nitrogens is 3. The smallest absolute Gasteiger partial charge is 0.241 e. The summed E-state index contributed by atoms with van der Waals surface area (Å²) in [6.07, 6.45) is 3.44. The molecular formula is C18H18N4O3. The van der Waals surface area contributed by atoms with E-state index < -0.39 is 0 Å². The van der Waals surface area contributed by atoms with E-state index in [-0.39, 0.29) is 6.79 Å². The van der Waals surface area contributed by atoms with Crippen LogP contribution >= 0.6 is 0 Å². The Balaban J connectivity index is 1.45. The zero-order valence-corrected chi connectivity index (χ0v) is 13.9. The molecule has 7 heteroatoms. The molecule has 2 aromatic heterocycles. The molecule has 0 radical (unpaired) electrons. The van der Waals surface area contributed by atoms with Crippen LogP contribution in [0.1, 0.15) is 18.4 Å². The molecule has 0 amide bonds. The highest BCUT2D eigenvalue weighted by atomic mass is 16.7. The molecule has 3 heterocycles. The van der Waals surface area contributed by atoms with Crippen LogP contribution in [0.2, 0.25) is 0 Å². The summed E-state index contributed by atoms with van der Waals surface area (Å²) in [7, 11) is 0. The Morgan fingerprint density at radius 1 is 1.12 bits per heavy atom. The highest BCUT2D eigenvalue weighted by Crippen LogP contribution is 2.32. The van der Waals surface area contributed by atoms with Gasteiger partial charge in [-0.1, -0.05) is 18.1 Å². The lowest BCUT2D eigenvalue weighted by molar-refractivity contribution is 0.174.